The minimum atomic E-state index is -0.0622. The van der Waals surface area contributed by atoms with Gasteiger partial charge in [0.25, 0.3) is 0 Å². The van der Waals surface area contributed by atoms with Gasteiger partial charge in [0, 0.05) is 11.1 Å². The van der Waals surface area contributed by atoms with Gasteiger partial charge >= 0.3 is 0 Å². The van der Waals surface area contributed by atoms with Crippen molar-refractivity contribution in [3.63, 3.8) is 0 Å². The number of hydrogen-bond acceptors (Lipinski definition) is 4. The van der Waals surface area contributed by atoms with E-state index in [1.54, 1.807) is 23.5 Å². The number of nitrogens with zero attached hydrogens (tertiary/aromatic N) is 1. The molecule has 1 amide bonds. The van der Waals surface area contributed by atoms with Crippen LogP contribution in [-0.2, 0) is 17.6 Å². The normalized spacial score (nSPS) is 12.1. The molecule has 0 bridgehead atoms. The van der Waals surface area contributed by atoms with Crippen LogP contribution in [-0.4, -0.2) is 10.9 Å². The second-order valence-electron chi connectivity index (χ2n) is 4.73. The van der Waals surface area contributed by atoms with Crippen LogP contribution in [0, 0.1) is 0 Å². The van der Waals surface area contributed by atoms with Gasteiger partial charge in [-0.25, -0.2) is 4.98 Å². The number of anilines is 1. The molecular weight excluding hydrogens is 270 g/mol. The molecule has 0 spiro atoms. The lowest BCUT2D eigenvalue weighted by molar-refractivity contribution is -0.121. The lowest BCUT2D eigenvalue weighted by atomic mass is 10.1. The van der Waals surface area contributed by atoms with Crippen molar-refractivity contribution < 1.29 is 4.79 Å². The highest BCUT2D eigenvalue weighted by atomic mass is 32.1. The molecule has 1 unspecified atom stereocenters. The Labute approximate surface area is 123 Å². The largest absolute Gasteiger partial charge is 0.399 e. The lowest BCUT2D eigenvalue weighted by Crippen LogP contribution is -2.28. The molecule has 2 rings (SSSR count). The quantitative estimate of drug-likeness (QED) is 0.832. The maximum atomic E-state index is 12.0. The van der Waals surface area contributed by atoms with E-state index in [9.17, 15) is 4.79 Å². The maximum Gasteiger partial charge on any atom is 0.224 e. The van der Waals surface area contributed by atoms with Crippen molar-refractivity contribution in [2.45, 2.75) is 32.7 Å². The Morgan fingerprint density at radius 1 is 1.40 bits per heavy atom. The first-order chi connectivity index (χ1) is 9.58. The van der Waals surface area contributed by atoms with Crippen molar-refractivity contribution in [3.8, 4) is 0 Å². The first-order valence-electron chi connectivity index (χ1n) is 6.66. The smallest absolute Gasteiger partial charge is 0.224 e. The van der Waals surface area contributed by atoms with Gasteiger partial charge in [-0.1, -0.05) is 19.1 Å². The summed E-state index contributed by atoms with van der Waals surface area (Å²) in [6.45, 7) is 4.03. The molecular formula is C15H19N3OS. The highest BCUT2D eigenvalue weighted by molar-refractivity contribution is 7.09. The molecule has 0 radical (unpaired) electrons. The molecule has 1 aromatic heterocycles. The second kappa shape index (κ2) is 6.52. The number of hydrogen-bond donors (Lipinski definition) is 2. The molecule has 0 aliphatic carbocycles. The molecule has 2 aromatic rings. The fraction of sp³-hybridized carbons (Fsp3) is 0.333. The zero-order valence-electron chi connectivity index (χ0n) is 11.7. The molecule has 5 heteroatoms. The Hall–Kier alpha value is -1.88. The number of carbonyl (C=O) groups is 1. The molecule has 0 saturated carbocycles. The molecule has 1 atom stereocenters. The van der Waals surface area contributed by atoms with E-state index in [-0.39, 0.29) is 11.9 Å². The third-order valence-electron chi connectivity index (χ3n) is 3.04. The molecule has 1 heterocycles. The summed E-state index contributed by atoms with van der Waals surface area (Å²) in [6, 6.07) is 7.29. The Kier molecular flexibility index (Phi) is 4.74. The average molecular weight is 289 g/mol. The third kappa shape index (κ3) is 3.81. The standard InChI is InChI=1S/C15H19N3OS/c1-3-15-18-13(9-20-15)10(2)17-14(19)8-11-4-6-12(16)7-5-11/h4-7,9-10H,3,8,16H2,1-2H3,(H,17,19). The van der Waals surface area contributed by atoms with Crippen molar-refractivity contribution in [2.75, 3.05) is 5.73 Å². The Balaban J connectivity index is 1.92. The van der Waals surface area contributed by atoms with Crippen LogP contribution < -0.4 is 11.1 Å². The van der Waals surface area contributed by atoms with Gasteiger partial charge in [-0.2, -0.15) is 0 Å². The molecule has 0 fully saturated rings. The van der Waals surface area contributed by atoms with E-state index >= 15 is 0 Å². The van der Waals surface area contributed by atoms with Crippen molar-refractivity contribution in [1.29, 1.82) is 0 Å². The Morgan fingerprint density at radius 3 is 2.70 bits per heavy atom. The van der Waals surface area contributed by atoms with Gasteiger partial charge in [0.15, 0.2) is 0 Å². The van der Waals surface area contributed by atoms with E-state index in [0.29, 0.717) is 12.1 Å². The topological polar surface area (TPSA) is 68.0 Å². The highest BCUT2D eigenvalue weighted by Gasteiger charge is 2.12. The number of nitrogen functional groups attached to an aromatic ring is 1. The van der Waals surface area contributed by atoms with Gasteiger partial charge < -0.3 is 11.1 Å². The molecule has 106 valence electrons. The van der Waals surface area contributed by atoms with Crippen molar-refractivity contribution in [1.82, 2.24) is 10.3 Å². The summed E-state index contributed by atoms with van der Waals surface area (Å²) >= 11 is 1.63. The number of thiazole rings is 1. The molecule has 0 aliphatic heterocycles. The number of amides is 1. The van der Waals surface area contributed by atoms with Gasteiger partial charge in [0.2, 0.25) is 5.91 Å². The zero-order chi connectivity index (χ0) is 14.5. The third-order valence-corrected chi connectivity index (χ3v) is 4.05. The van der Waals surface area contributed by atoms with Crippen LogP contribution in [0.3, 0.4) is 0 Å². The van der Waals surface area contributed by atoms with Crippen molar-refractivity contribution in [3.05, 3.63) is 45.9 Å². The van der Waals surface area contributed by atoms with E-state index in [1.165, 1.54) is 0 Å². The van der Waals surface area contributed by atoms with Crippen LogP contribution in [0.4, 0.5) is 5.69 Å². The first-order valence-corrected chi connectivity index (χ1v) is 7.54. The van der Waals surface area contributed by atoms with E-state index in [4.69, 9.17) is 5.73 Å². The lowest BCUT2D eigenvalue weighted by Gasteiger charge is -2.11. The minimum Gasteiger partial charge on any atom is -0.399 e. The molecule has 0 saturated heterocycles. The number of rotatable bonds is 5. The average Bonchev–Trinajstić information content (AvgIpc) is 2.90. The SMILES string of the molecule is CCc1nc(C(C)NC(=O)Cc2ccc(N)cc2)cs1. The number of benzene rings is 1. The first kappa shape index (κ1) is 14.5. The van der Waals surface area contributed by atoms with Gasteiger partial charge in [0.1, 0.15) is 0 Å². The summed E-state index contributed by atoms with van der Waals surface area (Å²) < 4.78 is 0. The van der Waals surface area contributed by atoms with Crippen LogP contribution >= 0.6 is 11.3 Å². The molecule has 1 aromatic carbocycles. The van der Waals surface area contributed by atoms with Gasteiger partial charge in [0.05, 0.1) is 23.2 Å². The predicted molar refractivity (Wildman–Crippen MR) is 82.6 cm³/mol. The fourth-order valence-corrected chi connectivity index (χ4v) is 2.71. The molecule has 4 nitrogen and oxygen atoms in total. The monoisotopic (exact) mass is 289 g/mol. The fourth-order valence-electron chi connectivity index (χ4n) is 1.87. The predicted octanol–water partition coefficient (Wildman–Crippen LogP) is 2.71. The van der Waals surface area contributed by atoms with E-state index < -0.39 is 0 Å². The Morgan fingerprint density at radius 2 is 2.10 bits per heavy atom. The van der Waals surface area contributed by atoms with E-state index in [2.05, 4.69) is 17.2 Å². The summed E-state index contributed by atoms with van der Waals surface area (Å²) in [4.78, 5) is 16.5. The summed E-state index contributed by atoms with van der Waals surface area (Å²) in [5.41, 5.74) is 8.21. The number of aryl methyl sites for hydroxylation is 1. The number of carbonyl (C=O) groups excluding carboxylic acids is 1. The van der Waals surface area contributed by atoms with E-state index in [0.717, 1.165) is 22.7 Å². The van der Waals surface area contributed by atoms with Gasteiger partial charge in [-0.05, 0) is 31.0 Å². The Bertz CT molecular complexity index is 577. The number of nitrogens with two attached hydrogens (primary N) is 1. The number of nitrogens with one attached hydrogen (secondary N) is 1. The van der Waals surface area contributed by atoms with Crippen LogP contribution in [0.2, 0.25) is 0 Å². The zero-order valence-corrected chi connectivity index (χ0v) is 12.5. The minimum absolute atomic E-state index is 0.00619. The van der Waals surface area contributed by atoms with Gasteiger partial charge in [-0.15, -0.1) is 11.3 Å². The van der Waals surface area contributed by atoms with E-state index in [1.807, 2.05) is 24.4 Å². The number of aromatic nitrogens is 1. The van der Waals surface area contributed by atoms with Crippen LogP contribution in [0.1, 0.15) is 36.2 Å². The molecule has 3 N–H and O–H groups in total. The highest BCUT2D eigenvalue weighted by Crippen LogP contribution is 2.17. The van der Waals surface area contributed by atoms with Crippen molar-refractivity contribution in [2.24, 2.45) is 0 Å². The molecule has 0 aliphatic rings. The molecule has 20 heavy (non-hydrogen) atoms. The maximum absolute atomic E-state index is 12.0. The second-order valence-corrected chi connectivity index (χ2v) is 5.67. The van der Waals surface area contributed by atoms with Crippen LogP contribution in [0.25, 0.3) is 0 Å². The van der Waals surface area contributed by atoms with Crippen LogP contribution in [0.15, 0.2) is 29.6 Å². The summed E-state index contributed by atoms with van der Waals surface area (Å²) in [7, 11) is 0. The summed E-state index contributed by atoms with van der Waals surface area (Å²) in [6.07, 6.45) is 1.28. The van der Waals surface area contributed by atoms with Gasteiger partial charge in [-0.3, -0.25) is 4.79 Å². The summed E-state index contributed by atoms with van der Waals surface area (Å²) in [5.74, 6) is -0.00619. The van der Waals surface area contributed by atoms with Crippen LogP contribution in [0.5, 0.6) is 0 Å². The summed E-state index contributed by atoms with van der Waals surface area (Å²) in [5, 5.41) is 6.07. The van der Waals surface area contributed by atoms with Crippen molar-refractivity contribution >= 4 is 22.9 Å².